The number of aryl methyl sites for hydroxylation is 5. The number of fused-ring (bicyclic) bond motifs is 1. The number of para-hydroxylation sites is 1. The van der Waals surface area contributed by atoms with Crippen LogP contribution >= 0.6 is 11.6 Å². The first-order valence-corrected chi connectivity index (χ1v) is 18.8. The number of carbonyl (C=O) groups excluding carboxylic acids is 1. The summed E-state index contributed by atoms with van der Waals surface area (Å²) in [6.45, 7) is 11.4. The lowest BCUT2D eigenvalue weighted by Gasteiger charge is -2.13. The second kappa shape index (κ2) is 14.3. The fourth-order valence-corrected chi connectivity index (χ4v) is 8.22. The minimum Gasteiger partial charge on any atom is -0.494 e. The Morgan fingerprint density at radius 3 is 2.18 bits per heavy atom. The molecule has 0 radical (unpaired) electrons. The van der Waals surface area contributed by atoms with Crippen molar-refractivity contribution >= 4 is 38.1 Å². The van der Waals surface area contributed by atoms with E-state index in [1.54, 1.807) is 30.3 Å². The molecule has 2 heterocycles. The molecule has 50 heavy (non-hydrogen) atoms. The van der Waals surface area contributed by atoms with E-state index in [1.807, 2.05) is 56.8 Å². The zero-order chi connectivity index (χ0) is 35.7. The van der Waals surface area contributed by atoms with E-state index in [4.69, 9.17) is 21.4 Å². The Morgan fingerprint density at radius 1 is 0.860 bits per heavy atom. The van der Waals surface area contributed by atoms with Crippen LogP contribution in [0.2, 0.25) is 5.02 Å². The van der Waals surface area contributed by atoms with Gasteiger partial charge in [0.15, 0.2) is 15.6 Å². The zero-order valence-electron chi connectivity index (χ0n) is 29.4. The van der Waals surface area contributed by atoms with Crippen LogP contribution in [0.15, 0.2) is 89.8 Å². The average molecular weight is 708 g/mol. The SMILES string of the molecule is Cc1cc(OCCCc2c(C)n(Cc3ccc(C(=O)CS(=O)(=O)c4ccccc4)cc3)c3c(-c4c(C)nn(C)c4C)cccc23)cc(C)c1Cl. The van der Waals surface area contributed by atoms with Gasteiger partial charge in [-0.3, -0.25) is 9.48 Å². The molecule has 9 heteroatoms. The Balaban J connectivity index is 1.30. The van der Waals surface area contributed by atoms with Crippen molar-refractivity contribution in [1.29, 1.82) is 0 Å². The van der Waals surface area contributed by atoms with Crippen LogP contribution in [-0.2, 0) is 29.9 Å². The van der Waals surface area contributed by atoms with Crippen LogP contribution in [-0.4, -0.2) is 40.9 Å². The number of ketones is 1. The molecule has 2 aromatic heterocycles. The number of sulfone groups is 1. The second-order valence-corrected chi connectivity index (χ2v) is 15.4. The molecule has 0 saturated heterocycles. The summed E-state index contributed by atoms with van der Waals surface area (Å²) in [5.41, 5.74) is 11.3. The van der Waals surface area contributed by atoms with E-state index in [0.717, 1.165) is 68.3 Å². The summed E-state index contributed by atoms with van der Waals surface area (Å²) in [4.78, 5) is 13.2. The van der Waals surface area contributed by atoms with Crippen LogP contribution in [0.1, 0.15) is 56.1 Å². The van der Waals surface area contributed by atoms with E-state index in [2.05, 4.69) is 36.6 Å². The summed E-state index contributed by atoms with van der Waals surface area (Å²) in [5.74, 6) is -0.177. The molecule has 0 saturated carbocycles. The first kappa shape index (κ1) is 35.2. The standard InChI is InChI=1S/C41H42ClN3O4S/c1-26-22-33(23-27(2)40(26)42)49-21-11-16-35-29(4)45(41-36(35)14-10-15-37(41)39-28(3)43-44(6)30(39)5)24-31-17-19-32(20-18-31)38(46)25-50(47,48)34-12-8-7-9-13-34/h7-10,12-15,17-20,22-23H,11,16,21,24-25H2,1-6H3. The first-order valence-electron chi connectivity index (χ1n) is 16.8. The number of rotatable bonds is 12. The number of Topliss-reactive ketones (excluding diaryl/α,β-unsaturated/α-hetero) is 1. The highest BCUT2D eigenvalue weighted by molar-refractivity contribution is 7.92. The van der Waals surface area contributed by atoms with Gasteiger partial charge in [0.25, 0.3) is 0 Å². The molecule has 0 bridgehead atoms. The highest BCUT2D eigenvalue weighted by Gasteiger charge is 2.23. The van der Waals surface area contributed by atoms with Gasteiger partial charge in [-0.25, -0.2) is 8.42 Å². The Morgan fingerprint density at radius 2 is 1.54 bits per heavy atom. The monoisotopic (exact) mass is 707 g/mol. The van der Waals surface area contributed by atoms with E-state index < -0.39 is 21.4 Å². The maximum Gasteiger partial charge on any atom is 0.185 e. The molecule has 6 rings (SSSR count). The molecule has 0 amide bonds. The largest absolute Gasteiger partial charge is 0.494 e. The molecule has 7 nitrogen and oxygen atoms in total. The third kappa shape index (κ3) is 7.00. The molecule has 0 atom stereocenters. The Kier molecular flexibility index (Phi) is 10.1. The van der Waals surface area contributed by atoms with Crippen molar-refractivity contribution in [3.63, 3.8) is 0 Å². The van der Waals surface area contributed by atoms with Crippen LogP contribution in [0.25, 0.3) is 22.0 Å². The summed E-state index contributed by atoms with van der Waals surface area (Å²) in [7, 11) is -1.76. The third-order valence-electron chi connectivity index (χ3n) is 9.54. The number of halogens is 1. The van der Waals surface area contributed by atoms with Crippen molar-refractivity contribution in [3.8, 4) is 16.9 Å². The summed E-state index contributed by atoms with van der Waals surface area (Å²) in [6, 6.07) is 25.8. The quantitative estimate of drug-likeness (QED) is 0.0937. The van der Waals surface area contributed by atoms with Gasteiger partial charge in [0, 0.05) is 52.1 Å². The lowest BCUT2D eigenvalue weighted by molar-refractivity contribution is 0.102. The number of carbonyl (C=O) groups is 1. The minimum atomic E-state index is -3.74. The average Bonchev–Trinajstić information content (AvgIpc) is 3.51. The van der Waals surface area contributed by atoms with Gasteiger partial charge in [0.1, 0.15) is 11.5 Å². The van der Waals surface area contributed by atoms with Crippen molar-refractivity contribution in [1.82, 2.24) is 14.3 Å². The van der Waals surface area contributed by atoms with Gasteiger partial charge in [0.2, 0.25) is 0 Å². The normalized spacial score (nSPS) is 11.7. The Hall–Kier alpha value is -4.66. The molecule has 6 aromatic rings. The van der Waals surface area contributed by atoms with Gasteiger partial charge >= 0.3 is 0 Å². The van der Waals surface area contributed by atoms with E-state index in [-0.39, 0.29) is 4.90 Å². The Bertz CT molecular complexity index is 2300. The minimum absolute atomic E-state index is 0.146. The number of ether oxygens (including phenoxy) is 1. The number of nitrogens with zero attached hydrogens (tertiary/aromatic N) is 3. The fourth-order valence-electron chi connectivity index (χ4n) is 6.86. The second-order valence-electron chi connectivity index (χ2n) is 13.0. The smallest absolute Gasteiger partial charge is 0.185 e. The highest BCUT2D eigenvalue weighted by Crippen LogP contribution is 2.38. The molecule has 0 N–H and O–H groups in total. The van der Waals surface area contributed by atoms with Crippen LogP contribution in [0.4, 0.5) is 0 Å². The molecular weight excluding hydrogens is 666 g/mol. The predicted octanol–water partition coefficient (Wildman–Crippen LogP) is 8.95. The van der Waals surface area contributed by atoms with Crippen molar-refractivity contribution in [2.24, 2.45) is 7.05 Å². The van der Waals surface area contributed by atoms with E-state index in [0.29, 0.717) is 18.7 Å². The molecule has 0 aliphatic carbocycles. The van der Waals surface area contributed by atoms with Gasteiger partial charge < -0.3 is 9.30 Å². The van der Waals surface area contributed by atoms with Gasteiger partial charge in [-0.15, -0.1) is 0 Å². The van der Waals surface area contributed by atoms with E-state index in [1.165, 1.54) is 28.8 Å². The fraction of sp³-hybridized carbons (Fsp3) is 0.268. The Labute approximate surface area is 299 Å². The van der Waals surface area contributed by atoms with E-state index >= 15 is 0 Å². The topological polar surface area (TPSA) is 83.2 Å². The van der Waals surface area contributed by atoms with Crippen LogP contribution < -0.4 is 4.74 Å². The number of benzene rings is 4. The molecule has 0 aliphatic rings. The number of aromatic nitrogens is 3. The van der Waals surface area contributed by atoms with Crippen LogP contribution in [0.5, 0.6) is 5.75 Å². The summed E-state index contributed by atoms with van der Waals surface area (Å²) < 4.78 is 36.2. The van der Waals surface area contributed by atoms with Crippen molar-refractivity contribution in [2.45, 2.75) is 58.9 Å². The molecule has 0 fully saturated rings. The van der Waals surface area contributed by atoms with Gasteiger partial charge in [-0.05, 0) is 94.0 Å². The summed E-state index contributed by atoms with van der Waals surface area (Å²) in [6.07, 6.45) is 1.66. The van der Waals surface area contributed by atoms with Crippen molar-refractivity contribution in [2.75, 3.05) is 12.4 Å². The molecular formula is C41H42ClN3O4S. The van der Waals surface area contributed by atoms with Gasteiger partial charge in [-0.2, -0.15) is 5.10 Å². The van der Waals surface area contributed by atoms with Crippen LogP contribution in [0, 0.1) is 34.6 Å². The molecule has 4 aromatic carbocycles. The summed E-state index contributed by atoms with van der Waals surface area (Å²) in [5, 5.41) is 6.69. The lowest BCUT2D eigenvalue weighted by atomic mass is 9.98. The molecule has 0 spiro atoms. The molecule has 258 valence electrons. The van der Waals surface area contributed by atoms with Crippen LogP contribution in [0.3, 0.4) is 0 Å². The van der Waals surface area contributed by atoms with Gasteiger partial charge in [-0.1, -0.05) is 72.3 Å². The maximum absolute atomic E-state index is 13.1. The first-order chi connectivity index (χ1) is 23.9. The summed E-state index contributed by atoms with van der Waals surface area (Å²) >= 11 is 6.37. The predicted molar refractivity (Wildman–Crippen MR) is 201 cm³/mol. The molecule has 0 aliphatic heterocycles. The lowest BCUT2D eigenvalue weighted by Crippen LogP contribution is -2.16. The maximum atomic E-state index is 13.1. The van der Waals surface area contributed by atoms with Crippen molar-refractivity contribution in [3.05, 3.63) is 135 Å². The van der Waals surface area contributed by atoms with E-state index in [9.17, 15) is 13.2 Å². The molecule has 0 unspecified atom stereocenters. The number of hydrogen-bond acceptors (Lipinski definition) is 5. The highest BCUT2D eigenvalue weighted by atomic mass is 35.5. The van der Waals surface area contributed by atoms with Gasteiger partial charge in [0.05, 0.1) is 22.7 Å². The zero-order valence-corrected chi connectivity index (χ0v) is 31.0. The third-order valence-corrected chi connectivity index (χ3v) is 11.8. The van der Waals surface area contributed by atoms with Crippen molar-refractivity contribution < 1.29 is 17.9 Å². The number of hydrogen-bond donors (Lipinski definition) is 0.